The fourth-order valence-corrected chi connectivity index (χ4v) is 4.38. The van der Waals surface area contributed by atoms with Crippen LogP contribution in [-0.4, -0.2) is 15.6 Å². The standard InChI is InChI=1S/C22H21BrN2O4/c1-13-8-9-17(16(23)11-13)24-21(27)19-20(26)15-6-2-3-7-18(15)25(22(19)28)12-14-5-4-10-29-14/h4-5,8-11,26H,2-3,6-7,12H2,1H3,(H,24,27). The van der Waals surface area contributed by atoms with E-state index in [1.165, 1.54) is 0 Å². The minimum Gasteiger partial charge on any atom is -0.507 e. The van der Waals surface area contributed by atoms with Crippen LogP contribution in [0.3, 0.4) is 0 Å². The van der Waals surface area contributed by atoms with Gasteiger partial charge in [0.25, 0.3) is 11.5 Å². The van der Waals surface area contributed by atoms with Crippen LogP contribution in [0.25, 0.3) is 0 Å². The van der Waals surface area contributed by atoms with E-state index in [-0.39, 0.29) is 17.9 Å². The van der Waals surface area contributed by atoms with Gasteiger partial charge in [0.1, 0.15) is 17.1 Å². The van der Waals surface area contributed by atoms with Crippen LogP contribution < -0.4 is 10.9 Å². The Balaban J connectivity index is 1.80. The molecule has 1 aliphatic rings. The number of nitrogens with zero attached hydrogens (tertiary/aromatic N) is 1. The normalized spacial score (nSPS) is 13.2. The number of aryl methyl sites for hydroxylation is 1. The maximum atomic E-state index is 13.2. The van der Waals surface area contributed by atoms with Crippen LogP contribution in [0.5, 0.6) is 5.75 Å². The fraction of sp³-hybridized carbons (Fsp3) is 0.273. The lowest BCUT2D eigenvalue weighted by molar-refractivity contribution is 0.102. The zero-order valence-corrected chi connectivity index (χ0v) is 17.6. The van der Waals surface area contributed by atoms with Crippen LogP contribution in [0.1, 0.15) is 45.8 Å². The molecular weight excluding hydrogens is 436 g/mol. The average molecular weight is 457 g/mol. The van der Waals surface area contributed by atoms with Crippen LogP contribution in [-0.2, 0) is 19.4 Å². The van der Waals surface area contributed by atoms with Gasteiger partial charge in [-0.3, -0.25) is 9.59 Å². The number of benzene rings is 1. The van der Waals surface area contributed by atoms with Gasteiger partial charge in [0.05, 0.1) is 18.5 Å². The van der Waals surface area contributed by atoms with Gasteiger partial charge in [-0.25, -0.2) is 0 Å². The second-order valence-corrected chi connectivity index (χ2v) is 8.12. The summed E-state index contributed by atoms with van der Waals surface area (Å²) in [5.41, 5.74) is 2.28. The quantitative estimate of drug-likeness (QED) is 0.609. The first-order chi connectivity index (χ1) is 14.0. The van der Waals surface area contributed by atoms with Crippen molar-refractivity contribution in [2.75, 3.05) is 5.32 Å². The zero-order chi connectivity index (χ0) is 20.5. The number of furan rings is 1. The number of anilines is 1. The molecule has 0 atom stereocenters. The van der Waals surface area contributed by atoms with E-state index in [0.29, 0.717) is 34.3 Å². The van der Waals surface area contributed by atoms with Gasteiger partial charge in [0, 0.05) is 15.7 Å². The summed E-state index contributed by atoms with van der Waals surface area (Å²) in [4.78, 5) is 26.3. The number of halogens is 1. The molecule has 3 aromatic rings. The summed E-state index contributed by atoms with van der Waals surface area (Å²) >= 11 is 3.43. The third-order valence-electron chi connectivity index (χ3n) is 5.24. The Bertz CT molecular complexity index is 1130. The van der Waals surface area contributed by atoms with Crippen molar-refractivity contribution in [1.29, 1.82) is 0 Å². The molecule has 0 aliphatic heterocycles. The molecule has 150 valence electrons. The molecule has 2 N–H and O–H groups in total. The molecule has 7 heteroatoms. The molecule has 0 fully saturated rings. The molecule has 1 aromatic carbocycles. The van der Waals surface area contributed by atoms with Crippen molar-refractivity contribution < 1.29 is 14.3 Å². The van der Waals surface area contributed by atoms with Crippen LogP contribution in [0.15, 0.2) is 50.3 Å². The number of aromatic nitrogens is 1. The molecule has 0 saturated carbocycles. The molecule has 2 aromatic heterocycles. The number of carbonyl (C=O) groups excluding carboxylic acids is 1. The minimum atomic E-state index is -0.626. The summed E-state index contributed by atoms with van der Waals surface area (Å²) < 4.78 is 7.68. The third-order valence-corrected chi connectivity index (χ3v) is 5.90. The molecule has 2 heterocycles. The molecule has 4 rings (SSSR count). The second-order valence-electron chi connectivity index (χ2n) is 7.26. The smallest absolute Gasteiger partial charge is 0.267 e. The number of aromatic hydroxyl groups is 1. The first kappa shape index (κ1) is 19.5. The van der Waals surface area contributed by atoms with E-state index >= 15 is 0 Å². The van der Waals surface area contributed by atoms with E-state index < -0.39 is 11.5 Å². The van der Waals surface area contributed by atoms with Gasteiger partial charge < -0.3 is 19.4 Å². The van der Waals surface area contributed by atoms with Crippen molar-refractivity contribution in [3.8, 4) is 5.75 Å². The number of hydrogen-bond donors (Lipinski definition) is 2. The lowest BCUT2D eigenvalue weighted by Gasteiger charge is -2.23. The number of carbonyl (C=O) groups is 1. The topological polar surface area (TPSA) is 84.5 Å². The number of amides is 1. The molecule has 0 spiro atoms. The van der Waals surface area contributed by atoms with Gasteiger partial charge >= 0.3 is 0 Å². The van der Waals surface area contributed by atoms with Gasteiger partial charge in [-0.1, -0.05) is 6.07 Å². The maximum Gasteiger partial charge on any atom is 0.267 e. The van der Waals surface area contributed by atoms with E-state index in [1.54, 1.807) is 29.0 Å². The first-order valence-corrected chi connectivity index (χ1v) is 10.3. The van der Waals surface area contributed by atoms with E-state index in [2.05, 4.69) is 21.2 Å². The van der Waals surface area contributed by atoms with Gasteiger partial charge in [-0.15, -0.1) is 0 Å². The van der Waals surface area contributed by atoms with Crippen LogP contribution in [0.4, 0.5) is 5.69 Å². The fourth-order valence-electron chi connectivity index (χ4n) is 3.79. The molecule has 29 heavy (non-hydrogen) atoms. The first-order valence-electron chi connectivity index (χ1n) is 9.53. The van der Waals surface area contributed by atoms with Gasteiger partial charge in [0.15, 0.2) is 0 Å². The molecule has 1 aliphatic carbocycles. The molecule has 0 bridgehead atoms. The molecule has 0 radical (unpaired) electrons. The summed E-state index contributed by atoms with van der Waals surface area (Å²) in [7, 11) is 0. The maximum absolute atomic E-state index is 13.2. The van der Waals surface area contributed by atoms with Crippen molar-refractivity contribution in [3.63, 3.8) is 0 Å². The van der Waals surface area contributed by atoms with Gasteiger partial charge in [0.2, 0.25) is 0 Å². The van der Waals surface area contributed by atoms with Crippen molar-refractivity contribution in [2.24, 2.45) is 0 Å². The molecule has 1 amide bonds. The highest BCUT2D eigenvalue weighted by molar-refractivity contribution is 9.10. The van der Waals surface area contributed by atoms with E-state index in [1.807, 2.05) is 19.1 Å². The number of fused-ring (bicyclic) bond motifs is 1. The van der Waals surface area contributed by atoms with Crippen molar-refractivity contribution in [2.45, 2.75) is 39.2 Å². The third kappa shape index (κ3) is 3.74. The van der Waals surface area contributed by atoms with Crippen molar-refractivity contribution >= 4 is 27.5 Å². The predicted molar refractivity (Wildman–Crippen MR) is 114 cm³/mol. The monoisotopic (exact) mass is 456 g/mol. The Morgan fingerprint density at radius 3 is 2.79 bits per heavy atom. The van der Waals surface area contributed by atoms with Crippen LogP contribution >= 0.6 is 15.9 Å². The van der Waals surface area contributed by atoms with E-state index in [4.69, 9.17) is 4.42 Å². The Morgan fingerprint density at radius 1 is 1.28 bits per heavy atom. The number of hydrogen-bond acceptors (Lipinski definition) is 4. The number of pyridine rings is 1. The summed E-state index contributed by atoms with van der Waals surface area (Å²) in [5, 5.41) is 13.6. The average Bonchev–Trinajstić information content (AvgIpc) is 3.21. The molecule has 6 nitrogen and oxygen atoms in total. The highest BCUT2D eigenvalue weighted by atomic mass is 79.9. The zero-order valence-electron chi connectivity index (χ0n) is 16.0. The summed E-state index contributed by atoms with van der Waals surface area (Å²) in [6.07, 6.45) is 4.71. The Hall–Kier alpha value is -2.80. The highest BCUT2D eigenvalue weighted by Crippen LogP contribution is 2.31. The summed E-state index contributed by atoms with van der Waals surface area (Å²) in [6, 6.07) is 9.04. The van der Waals surface area contributed by atoms with E-state index in [0.717, 1.165) is 24.1 Å². The Labute approximate surface area is 176 Å². The second kappa shape index (κ2) is 7.91. The number of nitrogens with one attached hydrogen (secondary N) is 1. The SMILES string of the molecule is Cc1ccc(NC(=O)c2c(O)c3c(n(Cc4ccco4)c2=O)CCCC3)c(Br)c1. The van der Waals surface area contributed by atoms with Gasteiger partial charge in [-0.05, 0) is 78.4 Å². The molecular formula is C22H21BrN2O4. The lowest BCUT2D eigenvalue weighted by atomic mass is 9.93. The van der Waals surface area contributed by atoms with Crippen molar-refractivity contribution in [3.05, 3.63) is 79.6 Å². The number of rotatable bonds is 4. The Kier molecular flexibility index (Phi) is 5.32. The predicted octanol–water partition coefficient (Wildman–Crippen LogP) is 4.40. The Morgan fingerprint density at radius 2 is 2.07 bits per heavy atom. The van der Waals surface area contributed by atoms with E-state index in [9.17, 15) is 14.7 Å². The molecule has 0 unspecified atom stereocenters. The van der Waals surface area contributed by atoms with Crippen LogP contribution in [0.2, 0.25) is 0 Å². The van der Waals surface area contributed by atoms with Gasteiger partial charge in [-0.2, -0.15) is 0 Å². The summed E-state index contributed by atoms with van der Waals surface area (Å²) in [6.45, 7) is 2.17. The largest absolute Gasteiger partial charge is 0.507 e. The van der Waals surface area contributed by atoms with Crippen molar-refractivity contribution in [1.82, 2.24) is 4.57 Å². The summed E-state index contributed by atoms with van der Waals surface area (Å²) in [5.74, 6) is -0.210. The highest BCUT2D eigenvalue weighted by Gasteiger charge is 2.28. The minimum absolute atomic E-state index is 0.207. The lowest BCUT2D eigenvalue weighted by Crippen LogP contribution is -2.34. The van der Waals surface area contributed by atoms with Crippen LogP contribution in [0, 0.1) is 6.92 Å². The molecule has 0 saturated heterocycles.